The molecule has 0 aliphatic carbocycles. The zero-order valence-corrected chi connectivity index (χ0v) is 22.4. The fourth-order valence-corrected chi connectivity index (χ4v) is 6.28. The van der Waals surface area contributed by atoms with Gasteiger partial charge in [0, 0.05) is 35.6 Å². The van der Waals surface area contributed by atoms with Crippen LogP contribution in [0.4, 0.5) is 15.3 Å². The Hall–Kier alpha value is -3.28. The number of anilines is 2. The Morgan fingerprint density at radius 1 is 1.24 bits per heavy atom. The monoisotopic (exact) mass is 555 g/mol. The maximum Gasteiger partial charge on any atom is 0.319 e. The molecule has 0 spiro atoms. The summed E-state index contributed by atoms with van der Waals surface area (Å²) >= 11 is 8.07. The van der Waals surface area contributed by atoms with Gasteiger partial charge in [-0.05, 0) is 45.0 Å². The number of nitrogens with two attached hydrogens (primary N) is 1. The summed E-state index contributed by atoms with van der Waals surface area (Å²) in [5.41, 5.74) is 7.32. The highest BCUT2D eigenvalue weighted by Gasteiger charge is 2.27. The number of nitrogens with zero attached hydrogens (tertiary/aromatic N) is 5. The van der Waals surface area contributed by atoms with E-state index in [4.69, 9.17) is 22.1 Å². The Bertz CT molecular complexity index is 1550. The molecule has 9 nitrogen and oxygen atoms in total. The number of halogens is 2. The van der Waals surface area contributed by atoms with E-state index in [0.717, 1.165) is 30.5 Å². The van der Waals surface area contributed by atoms with Crippen LogP contribution >= 0.6 is 22.9 Å². The quantitative estimate of drug-likeness (QED) is 0.379. The summed E-state index contributed by atoms with van der Waals surface area (Å²) in [7, 11) is 2.06. The van der Waals surface area contributed by atoms with Crippen LogP contribution in [0.3, 0.4) is 0 Å². The average Bonchev–Trinajstić information content (AvgIpc) is 3.41. The molecule has 2 aromatic heterocycles. The second kappa shape index (κ2) is 10.1. The first-order valence-corrected chi connectivity index (χ1v) is 13.8. The van der Waals surface area contributed by atoms with Gasteiger partial charge in [0.05, 0.1) is 21.8 Å². The first-order chi connectivity index (χ1) is 18.4. The molecule has 1 atom stereocenters. The Kier molecular flexibility index (Phi) is 6.67. The second-order valence-electron chi connectivity index (χ2n) is 9.69. The third-order valence-corrected chi connectivity index (χ3v) is 8.33. The van der Waals surface area contributed by atoms with E-state index in [-0.39, 0.29) is 40.6 Å². The number of nitrogen functional groups attached to an aromatic ring is 1. The van der Waals surface area contributed by atoms with Crippen molar-refractivity contribution in [1.82, 2.24) is 25.2 Å². The maximum atomic E-state index is 16.4. The van der Waals surface area contributed by atoms with Crippen LogP contribution in [0.1, 0.15) is 19.3 Å². The highest BCUT2D eigenvalue weighted by Crippen LogP contribution is 2.42. The van der Waals surface area contributed by atoms with Gasteiger partial charge in [0.25, 0.3) is 0 Å². The molecule has 0 radical (unpaired) electrons. The molecule has 4 aromatic rings. The van der Waals surface area contributed by atoms with Crippen LogP contribution in [-0.4, -0.2) is 71.6 Å². The number of carbonyl (C=O) groups excluding carboxylic acids is 1. The summed E-state index contributed by atoms with van der Waals surface area (Å²) in [6, 6.07) is 7.45. The van der Waals surface area contributed by atoms with Gasteiger partial charge in [0.15, 0.2) is 10.9 Å². The van der Waals surface area contributed by atoms with E-state index >= 15 is 4.39 Å². The molecule has 6 rings (SSSR count). The van der Waals surface area contributed by atoms with Crippen molar-refractivity contribution < 1.29 is 13.9 Å². The minimum atomic E-state index is -0.600. The van der Waals surface area contributed by atoms with Crippen LogP contribution in [-0.2, 0) is 4.79 Å². The highest BCUT2D eigenvalue weighted by atomic mass is 35.5. The van der Waals surface area contributed by atoms with Gasteiger partial charge in [-0.25, -0.2) is 9.37 Å². The minimum absolute atomic E-state index is 0.0701. The van der Waals surface area contributed by atoms with Crippen LogP contribution in [0.2, 0.25) is 5.02 Å². The molecule has 38 heavy (non-hydrogen) atoms. The topological polar surface area (TPSA) is 110 Å². The number of likely N-dealkylation sites (tertiary alicyclic amines) is 1. The largest absolute Gasteiger partial charge is 0.462 e. The van der Waals surface area contributed by atoms with Crippen LogP contribution in [0, 0.1) is 5.82 Å². The van der Waals surface area contributed by atoms with Crippen LogP contribution in [0.5, 0.6) is 6.01 Å². The van der Waals surface area contributed by atoms with Crippen LogP contribution < -0.4 is 20.7 Å². The number of carbonyl (C=O) groups is 1. The average molecular weight is 556 g/mol. The number of hydrogen-bond acceptors (Lipinski definition) is 9. The van der Waals surface area contributed by atoms with Gasteiger partial charge in [-0.15, -0.1) is 0 Å². The molecule has 2 saturated heterocycles. The Balaban J connectivity index is 1.51. The lowest BCUT2D eigenvalue weighted by Gasteiger charge is -2.24. The van der Waals surface area contributed by atoms with Gasteiger partial charge in [0.1, 0.15) is 17.9 Å². The Morgan fingerprint density at radius 3 is 2.92 bits per heavy atom. The molecular formula is C26H27ClFN7O2S. The standard InChI is InChI=1S/C26H27ClFN7O2S/c1-34-9-3-5-14(34)13-37-26-32-23-16(24(33-26)35-10-4-8-30-19(36)12-35)11-17(27)20(21(23)28)15-6-2-7-18-22(15)31-25(29)38-18/h2,6-7,11,14H,3-5,8-10,12-13H2,1H3,(H2,29,31)(H,30,36)/t14-/m0/s1. The molecule has 3 N–H and O–H groups in total. The van der Waals surface area contributed by atoms with Crippen molar-refractivity contribution in [3.8, 4) is 17.1 Å². The number of fused-ring (bicyclic) bond motifs is 2. The van der Waals surface area contributed by atoms with E-state index in [0.29, 0.717) is 47.1 Å². The molecule has 0 bridgehead atoms. The van der Waals surface area contributed by atoms with Crippen LogP contribution in [0.15, 0.2) is 24.3 Å². The van der Waals surface area contributed by atoms with Gasteiger partial charge in [0.2, 0.25) is 5.91 Å². The highest BCUT2D eigenvalue weighted by molar-refractivity contribution is 7.22. The number of nitrogens with one attached hydrogen (secondary N) is 1. The number of benzene rings is 2. The van der Waals surface area contributed by atoms with Crippen LogP contribution in [0.25, 0.3) is 32.2 Å². The normalized spacial score (nSPS) is 18.8. The number of aromatic nitrogens is 3. The molecule has 198 valence electrons. The van der Waals surface area contributed by atoms with Gasteiger partial charge in [-0.3, -0.25) is 4.79 Å². The molecule has 12 heteroatoms. The number of hydrogen-bond donors (Lipinski definition) is 2. The molecule has 2 aliphatic rings. The number of rotatable bonds is 5. The van der Waals surface area contributed by atoms with E-state index in [1.54, 1.807) is 12.1 Å². The molecular weight excluding hydrogens is 529 g/mol. The third-order valence-electron chi connectivity index (χ3n) is 7.18. The van der Waals surface area contributed by atoms with Gasteiger partial charge in [-0.2, -0.15) is 9.97 Å². The third kappa shape index (κ3) is 4.59. The lowest BCUT2D eigenvalue weighted by molar-refractivity contribution is -0.119. The molecule has 0 saturated carbocycles. The van der Waals surface area contributed by atoms with Crippen molar-refractivity contribution in [3.05, 3.63) is 35.1 Å². The lowest BCUT2D eigenvalue weighted by atomic mass is 10.0. The fraction of sp³-hybridized carbons (Fsp3) is 0.385. The van der Waals surface area contributed by atoms with E-state index < -0.39 is 5.82 Å². The van der Waals surface area contributed by atoms with Crippen molar-refractivity contribution in [1.29, 1.82) is 0 Å². The van der Waals surface area contributed by atoms with E-state index in [9.17, 15) is 4.79 Å². The smallest absolute Gasteiger partial charge is 0.319 e. The van der Waals surface area contributed by atoms with Gasteiger partial charge >= 0.3 is 6.01 Å². The lowest BCUT2D eigenvalue weighted by Crippen LogP contribution is -2.34. The molecule has 2 fully saturated rings. The van der Waals surface area contributed by atoms with Gasteiger partial charge < -0.3 is 25.6 Å². The zero-order chi connectivity index (χ0) is 26.4. The predicted molar refractivity (Wildman–Crippen MR) is 149 cm³/mol. The first kappa shape index (κ1) is 25.0. The summed E-state index contributed by atoms with van der Waals surface area (Å²) in [4.78, 5) is 30.0. The van der Waals surface area contributed by atoms with Crippen molar-refractivity contribution in [3.63, 3.8) is 0 Å². The number of ether oxygens (including phenoxy) is 1. The van der Waals surface area contributed by atoms with Crippen molar-refractivity contribution in [2.24, 2.45) is 0 Å². The Labute approximate surface area is 227 Å². The second-order valence-corrected chi connectivity index (χ2v) is 11.2. The van der Waals surface area contributed by atoms with E-state index in [2.05, 4.69) is 32.2 Å². The van der Waals surface area contributed by atoms with Crippen molar-refractivity contribution in [2.75, 3.05) is 50.5 Å². The van der Waals surface area contributed by atoms with E-state index in [1.807, 2.05) is 17.0 Å². The SMILES string of the molecule is CN1CCC[C@H]1COc1nc(N2CCCNC(=O)C2)c2cc(Cl)c(-c3cccc4sc(N)nc34)c(F)c2n1. The number of thiazole rings is 1. The number of amides is 1. The fourth-order valence-electron chi connectivity index (χ4n) is 5.23. The van der Waals surface area contributed by atoms with E-state index in [1.165, 1.54) is 11.3 Å². The first-order valence-electron chi connectivity index (χ1n) is 12.6. The number of para-hydroxylation sites is 1. The van der Waals surface area contributed by atoms with Crippen molar-refractivity contribution >= 4 is 60.9 Å². The molecule has 2 aliphatic heterocycles. The molecule has 2 aromatic carbocycles. The summed E-state index contributed by atoms with van der Waals surface area (Å²) < 4.78 is 23.3. The zero-order valence-electron chi connectivity index (χ0n) is 20.8. The van der Waals surface area contributed by atoms with Gasteiger partial charge in [-0.1, -0.05) is 35.1 Å². The molecule has 1 amide bonds. The summed E-state index contributed by atoms with van der Waals surface area (Å²) in [6.45, 7) is 2.62. The predicted octanol–water partition coefficient (Wildman–Crippen LogP) is 4.08. The number of likely N-dealkylation sites (N-methyl/N-ethyl adjacent to an activating group) is 1. The maximum absolute atomic E-state index is 16.4. The molecule has 0 unspecified atom stereocenters. The Morgan fingerprint density at radius 2 is 2.11 bits per heavy atom. The summed E-state index contributed by atoms with van der Waals surface area (Å²) in [5, 5.41) is 3.87. The summed E-state index contributed by atoms with van der Waals surface area (Å²) in [5.74, 6) is -0.303. The summed E-state index contributed by atoms with van der Waals surface area (Å²) in [6.07, 6.45) is 2.83. The minimum Gasteiger partial charge on any atom is -0.462 e. The molecule has 4 heterocycles. The van der Waals surface area contributed by atoms with Crippen molar-refractivity contribution in [2.45, 2.75) is 25.3 Å².